The molecular weight excluding hydrogens is 274 g/mol. The van der Waals surface area contributed by atoms with E-state index in [0.29, 0.717) is 45.8 Å². The van der Waals surface area contributed by atoms with Gasteiger partial charge in [-0.25, -0.2) is 0 Å². The molecule has 1 aliphatic heterocycles. The zero-order chi connectivity index (χ0) is 15.1. The summed E-state index contributed by atoms with van der Waals surface area (Å²) < 4.78 is 5.20. The molecule has 0 unspecified atom stereocenters. The molecule has 0 bridgehead atoms. The van der Waals surface area contributed by atoms with Crippen molar-refractivity contribution in [3.63, 3.8) is 0 Å². The van der Waals surface area contributed by atoms with Crippen LogP contribution in [0.15, 0.2) is 24.3 Å². The lowest BCUT2D eigenvalue weighted by Crippen LogP contribution is -2.41. The molecule has 1 aromatic carbocycles. The van der Waals surface area contributed by atoms with Gasteiger partial charge in [-0.15, -0.1) is 0 Å². The lowest BCUT2D eigenvalue weighted by Gasteiger charge is -2.26. The summed E-state index contributed by atoms with van der Waals surface area (Å²) in [6.07, 6.45) is 0.426. The predicted octanol–water partition coefficient (Wildman–Crippen LogP) is 0.933. The van der Waals surface area contributed by atoms with Crippen LogP contribution in [0.5, 0.6) is 0 Å². The highest BCUT2D eigenvalue weighted by molar-refractivity contribution is 5.76. The van der Waals surface area contributed by atoms with E-state index in [1.165, 1.54) is 12.1 Å². The van der Waals surface area contributed by atoms with Gasteiger partial charge in [0.1, 0.15) is 0 Å². The predicted molar refractivity (Wildman–Crippen MR) is 76.8 cm³/mol. The maximum atomic E-state index is 11.9. The number of rotatable bonds is 6. The van der Waals surface area contributed by atoms with Crippen molar-refractivity contribution < 1.29 is 14.5 Å². The average Bonchev–Trinajstić information content (AvgIpc) is 2.52. The number of nitro groups is 1. The van der Waals surface area contributed by atoms with Crippen molar-refractivity contribution in [1.29, 1.82) is 0 Å². The van der Waals surface area contributed by atoms with Gasteiger partial charge in [0, 0.05) is 44.7 Å². The van der Waals surface area contributed by atoms with E-state index in [1.807, 2.05) is 6.07 Å². The molecule has 7 nitrogen and oxygen atoms in total. The summed E-state index contributed by atoms with van der Waals surface area (Å²) in [7, 11) is 0. The molecule has 114 valence electrons. The van der Waals surface area contributed by atoms with Crippen molar-refractivity contribution in [2.45, 2.75) is 13.0 Å². The summed E-state index contributed by atoms with van der Waals surface area (Å²) in [6.45, 7) is 3.59. The van der Waals surface area contributed by atoms with E-state index in [0.717, 1.165) is 5.56 Å². The fourth-order valence-corrected chi connectivity index (χ4v) is 2.18. The number of carbonyl (C=O) groups excluding carboxylic acids is 1. The molecule has 0 atom stereocenters. The van der Waals surface area contributed by atoms with E-state index in [-0.39, 0.29) is 11.6 Å². The molecule has 1 aromatic rings. The van der Waals surface area contributed by atoms with Gasteiger partial charge in [-0.2, -0.15) is 0 Å². The van der Waals surface area contributed by atoms with Crippen molar-refractivity contribution in [2.75, 3.05) is 32.8 Å². The number of amides is 1. The third-order valence-electron chi connectivity index (χ3n) is 3.33. The Labute approximate surface area is 123 Å². The molecule has 0 radical (unpaired) electrons. The van der Waals surface area contributed by atoms with Crippen LogP contribution in [0.25, 0.3) is 0 Å². The minimum atomic E-state index is -0.411. The number of ether oxygens (including phenoxy) is 1. The Kier molecular flexibility index (Phi) is 5.65. The fourth-order valence-electron chi connectivity index (χ4n) is 2.18. The Morgan fingerprint density at radius 3 is 2.86 bits per heavy atom. The topological polar surface area (TPSA) is 84.7 Å². The second-order valence-corrected chi connectivity index (χ2v) is 4.85. The van der Waals surface area contributed by atoms with Gasteiger partial charge < -0.3 is 15.0 Å². The second kappa shape index (κ2) is 7.70. The van der Waals surface area contributed by atoms with Crippen LogP contribution in [0, 0.1) is 10.1 Å². The molecule has 0 aliphatic carbocycles. The monoisotopic (exact) mass is 293 g/mol. The molecule has 1 saturated heterocycles. The summed E-state index contributed by atoms with van der Waals surface area (Å²) in [4.78, 5) is 24.0. The van der Waals surface area contributed by atoms with Crippen molar-refractivity contribution in [2.24, 2.45) is 0 Å². The molecule has 1 aliphatic rings. The number of non-ortho nitro benzene ring substituents is 1. The first-order valence-electron chi connectivity index (χ1n) is 6.96. The standard InChI is InChI=1S/C14H19N3O4/c18-14(16-6-8-21-9-7-16)4-5-15-11-12-2-1-3-13(10-12)17(19)20/h1-3,10,15H,4-9,11H2. The minimum Gasteiger partial charge on any atom is -0.378 e. The average molecular weight is 293 g/mol. The van der Waals surface area contributed by atoms with Gasteiger partial charge >= 0.3 is 0 Å². The summed E-state index contributed by atoms with van der Waals surface area (Å²) in [6, 6.07) is 6.49. The largest absolute Gasteiger partial charge is 0.378 e. The fraction of sp³-hybridized carbons (Fsp3) is 0.500. The number of benzene rings is 1. The normalized spacial score (nSPS) is 15.0. The quantitative estimate of drug-likeness (QED) is 0.479. The summed E-state index contributed by atoms with van der Waals surface area (Å²) in [5, 5.41) is 13.8. The van der Waals surface area contributed by atoms with Crippen LogP contribution in [0.4, 0.5) is 5.69 Å². The van der Waals surface area contributed by atoms with Crippen LogP contribution in [-0.2, 0) is 16.1 Å². The molecule has 1 fully saturated rings. The molecule has 1 amide bonds. The van der Waals surface area contributed by atoms with E-state index in [2.05, 4.69) is 5.32 Å². The van der Waals surface area contributed by atoms with E-state index in [9.17, 15) is 14.9 Å². The summed E-state index contributed by atoms with van der Waals surface area (Å²) in [5.41, 5.74) is 0.918. The highest BCUT2D eigenvalue weighted by Crippen LogP contribution is 2.12. The molecule has 21 heavy (non-hydrogen) atoms. The third kappa shape index (κ3) is 4.80. The smallest absolute Gasteiger partial charge is 0.269 e. The molecule has 7 heteroatoms. The van der Waals surface area contributed by atoms with Gasteiger partial charge in [-0.3, -0.25) is 14.9 Å². The number of nitrogens with zero attached hydrogens (tertiary/aromatic N) is 2. The van der Waals surface area contributed by atoms with Crippen molar-refractivity contribution >= 4 is 11.6 Å². The van der Waals surface area contributed by atoms with Crippen LogP contribution in [-0.4, -0.2) is 48.6 Å². The van der Waals surface area contributed by atoms with Crippen LogP contribution in [0.2, 0.25) is 0 Å². The van der Waals surface area contributed by atoms with Crippen molar-refractivity contribution in [1.82, 2.24) is 10.2 Å². The lowest BCUT2D eigenvalue weighted by atomic mass is 10.2. The molecule has 1 heterocycles. The highest BCUT2D eigenvalue weighted by atomic mass is 16.6. The highest BCUT2D eigenvalue weighted by Gasteiger charge is 2.15. The Bertz CT molecular complexity index is 501. The first-order chi connectivity index (χ1) is 10.2. The van der Waals surface area contributed by atoms with Crippen molar-refractivity contribution in [3.05, 3.63) is 39.9 Å². The Morgan fingerprint density at radius 2 is 2.14 bits per heavy atom. The number of morpholine rings is 1. The van der Waals surface area contributed by atoms with Crippen LogP contribution >= 0.6 is 0 Å². The molecule has 1 N–H and O–H groups in total. The Balaban J connectivity index is 1.70. The Morgan fingerprint density at radius 1 is 1.38 bits per heavy atom. The van der Waals surface area contributed by atoms with Gasteiger partial charge in [0.25, 0.3) is 5.69 Å². The minimum absolute atomic E-state index is 0.0821. The molecule has 0 saturated carbocycles. The van der Waals surface area contributed by atoms with Crippen LogP contribution in [0.1, 0.15) is 12.0 Å². The summed E-state index contributed by atoms with van der Waals surface area (Å²) in [5.74, 6) is 0.116. The number of hydrogen-bond acceptors (Lipinski definition) is 5. The zero-order valence-corrected chi connectivity index (χ0v) is 11.8. The zero-order valence-electron chi connectivity index (χ0n) is 11.8. The SMILES string of the molecule is O=C(CCNCc1cccc([N+](=O)[O-])c1)N1CCOCC1. The van der Waals surface area contributed by atoms with Gasteiger partial charge in [0.2, 0.25) is 5.91 Å². The van der Waals surface area contributed by atoms with Crippen LogP contribution in [0.3, 0.4) is 0 Å². The van der Waals surface area contributed by atoms with E-state index in [1.54, 1.807) is 11.0 Å². The summed E-state index contributed by atoms with van der Waals surface area (Å²) >= 11 is 0. The lowest BCUT2D eigenvalue weighted by molar-refractivity contribution is -0.384. The third-order valence-corrected chi connectivity index (χ3v) is 3.33. The molecule has 2 rings (SSSR count). The maximum absolute atomic E-state index is 11.9. The number of hydrogen-bond donors (Lipinski definition) is 1. The molecular formula is C14H19N3O4. The second-order valence-electron chi connectivity index (χ2n) is 4.85. The van der Waals surface area contributed by atoms with Gasteiger partial charge in [-0.05, 0) is 5.56 Å². The first-order valence-corrected chi connectivity index (χ1v) is 6.96. The van der Waals surface area contributed by atoms with Gasteiger partial charge in [0.05, 0.1) is 18.1 Å². The number of nitrogens with one attached hydrogen (secondary N) is 1. The van der Waals surface area contributed by atoms with Crippen molar-refractivity contribution in [3.8, 4) is 0 Å². The molecule has 0 aromatic heterocycles. The van der Waals surface area contributed by atoms with E-state index in [4.69, 9.17) is 4.74 Å². The number of nitro benzene ring substituents is 1. The van der Waals surface area contributed by atoms with Gasteiger partial charge in [0.15, 0.2) is 0 Å². The number of carbonyl (C=O) groups is 1. The van der Waals surface area contributed by atoms with E-state index >= 15 is 0 Å². The molecule has 0 spiro atoms. The van der Waals surface area contributed by atoms with E-state index < -0.39 is 4.92 Å². The van der Waals surface area contributed by atoms with Gasteiger partial charge in [-0.1, -0.05) is 12.1 Å². The Hall–Kier alpha value is -1.99. The van der Waals surface area contributed by atoms with Crippen LogP contribution < -0.4 is 5.32 Å². The maximum Gasteiger partial charge on any atom is 0.269 e. The first kappa shape index (κ1) is 15.4.